The second kappa shape index (κ2) is 5.50. The van der Waals surface area contributed by atoms with Crippen molar-refractivity contribution in [3.8, 4) is 6.07 Å². The molecule has 0 saturated carbocycles. The maximum atomic E-state index is 10.9. The van der Waals surface area contributed by atoms with E-state index < -0.39 is 4.92 Å². The first kappa shape index (κ1) is 13.1. The zero-order valence-electron chi connectivity index (χ0n) is 10.2. The Morgan fingerprint density at radius 1 is 1.47 bits per heavy atom. The molecular formula is C13H11N3O2S. The summed E-state index contributed by atoms with van der Waals surface area (Å²) < 4.78 is 0. The van der Waals surface area contributed by atoms with Gasteiger partial charge in [-0.15, -0.1) is 11.3 Å². The maximum Gasteiger partial charge on any atom is 0.292 e. The normalized spacial score (nSPS) is 9.89. The third-order valence-corrected chi connectivity index (χ3v) is 3.80. The standard InChI is InChI=1S/C13H11N3O2S/c1-2-10-7-9(8-14)13(19-10)15-11-5-3-4-6-12(11)16(17)18/h3-7,15H,2H2,1H3. The molecular weight excluding hydrogens is 262 g/mol. The summed E-state index contributed by atoms with van der Waals surface area (Å²) in [6, 6.07) is 10.3. The highest BCUT2D eigenvalue weighted by Crippen LogP contribution is 2.34. The Labute approximate surface area is 114 Å². The Bertz CT molecular complexity index is 658. The number of rotatable bonds is 4. The number of nitro benzene ring substituents is 1. The summed E-state index contributed by atoms with van der Waals surface area (Å²) in [5.74, 6) is 0. The van der Waals surface area contributed by atoms with Gasteiger partial charge in [-0.2, -0.15) is 5.26 Å². The van der Waals surface area contributed by atoms with Gasteiger partial charge in [0.15, 0.2) is 0 Å². The molecule has 0 radical (unpaired) electrons. The summed E-state index contributed by atoms with van der Waals surface area (Å²) in [6.45, 7) is 2.00. The lowest BCUT2D eigenvalue weighted by Crippen LogP contribution is -1.96. The summed E-state index contributed by atoms with van der Waals surface area (Å²) >= 11 is 1.44. The second-order valence-electron chi connectivity index (χ2n) is 3.82. The fourth-order valence-electron chi connectivity index (χ4n) is 1.65. The van der Waals surface area contributed by atoms with E-state index in [9.17, 15) is 10.1 Å². The summed E-state index contributed by atoms with van der Waals surface area (Å²) in [5.41, 5.74) is 0.909. The topological polar surface area (TPSA) is 79.0 Å². The van der Waals surface area contributed by atoms with E-state index in [-0.39, 0.29) is 5.69 Å². The molecule has 5 nitrogen and oxygen atoms in total. The first-order chi connectivity index (χ1) is 9.15. The van der Waals surface area contributed by atoms with Gasteiger partial charge in [-0.05, 0) is 18.6 Å². The zero-order valence-corrected chi connectivity index (χ0v) is 11.0. The Hall–Kier alpha value is -2.39. The lowest BCUT2D eigenvalue weighted by atomic mass is 10.2. The van der Waals surface area contributed by atoms with Crippen LogP contribution in [0, 0.1) is 21.4 Å². The van der Waals surface area contributed by atoms with Crippen molar-refractivity contribution in [1.29, 1.82) is 5.26 Å². The van der Waals surface area contributed by atoms with Gasteiger partial charge in [0.05, 0.1) is 10.5 Å². The number of aryl methyl sites for hydroxylation is 1. The van der Waals surface area contributed by atoms with Crippen LogP contribution in [0.25, 0.3) is 0 Å². The average Bonchev–Trinajstić information content (AvgIpc) is 2.81. The molecule has 1 aromatic heterocycles. The number of nitrogens with one attached hydrogen (secondary N) is 1. The maximum absolute atomic E-state index is 10.9. The molecule has 0 amide bonds. The van der Waals surface area contributed by atoms with Crippen LogP contribution in [0.1, 0.15) is 17.4 Å². The van der Waals surface area contributed by atoms with Crippen molar-refractivity contribution in [1.82, 2.24) is 0 Å². The molecule has 1 heterocycles. The molecule has 0 bridgehead atoms. The molecule has 2 rings (SSSR count). The van der Waals surface area contributed by atoms with Gasteiger partial charge in [0.1, 0.15) is 16.8 Å². The predicted molar refractivity (Wildman–Crippen MR) is 74.8 cm³/mol. The number of thiophene rings is 1. The van der Waals surface area contributed by atoms with Crippen molar-refractivity contribution in [2.24, 2.45) is 0 Å². The molecule has 1 aromatic carbocycles. The van der Waals surface area contributed by atoms with Gasteiger partial charge in [0.25, 0.3) is 5.69 Å². The van der Waals surface area contributed by atoms with E-state index in [0.717, 1.165) is 11.3 Å². The van der Waals surface area contributed by atoms with Gasteiger partial charge in [0, 0.05) is 10.9 Å². The SMILES string of the molecule is CCc1cc(C#N)c(Nc2ccccc2[N+](=O)[O-])s1. The smallest absolute Gasteiger partial charge is 0.292 e. The highest BCUT2D eigenvalue weighted by molar-refractivity contribution is 7.16. The molecule has 0 aliphatic carbocycles. The number of para-hydroxylation sites is 2. The van der Waals surface area contributed by atoms with Crippen molar-refractivity contribution in [2.75, 3.05) is 5.32 Å². The minimum atomic E-state index is -0.442. The summed E-state index contributed by atoms with van der Waals surface area (Å²) in [5, 5.41) is 23.6. The van der Waals surface area contributed by atoms with E-state index in [1.54, 1.807) is 18.2 Å². The molecule has 19 heavy (non-hydrogen) atoms. The van der Waals surface area contributed by atoms with E-state index in [2.05, 4.69) is 11.4 Å². The molecule has 0 saturated heterocycles. The monoisotopic (exact) mass is 273 g/mol. The Morgan fingerprint density at radius 3 is 2.84 bits per heavy atom. The highest BCUT2D eigenvalue weighted by Gasteiger charge is 2.15. The predicted octanol–water partition coefficient (Wildman–Crippen LogP) is 3.83. The van der Waals surface area contributed by atoms with Crippen molar-refractivity contribution < 1.29 is 4.92 Å². The number of nitro groups is 1. The van der Waals surface area contributed by atoms with Crippen molar-refractivity contribution in [3.63, 3.8) is 0 Å². The third-order valence-electron chi connectivity index (χ3n) is 2.60. The van der Waals surface area contributed by atoms with Crippen LogP contribution in [0.5, 0.6) is 0 Å². The second-order valence-corrected chi connectivity index (χ2v) is 4.96. The van der Waals surface area contributed by atoms with Crippen LogP contribution in [-0.2, 0) is 6.42 Å². The molecule has 6 heteroatoms. The van der Waals surface area contributed by atoms with E-state index in [1.807, 2.05) is 13.0 Å². The van der Waals surface area contributed by atoms with Gasteiger partial charge >= 0.3 is 0 Å². The molecule has 1 N–H and O–H groups in total. The van der Waals surface area contributed by atoms with Crippen LogP contribution in [0.2, 0.25) is 0 Å². The van der Waals surface area contributed by atoms with Crippen LogP contribution in [-0.4, -0.2) is 4.92 Å². The molecule has 96 valence electrons. The van der Waals surface area contributed by atoms with Crippen LogP contribution >= 0.6 is 11.3 Å². The van der Waals surface area contributed by atoms with E-state index in [0.29, 0.717) is 16.3 Å². The van der Waals surface area contributed by atoms with Gasteiger partial charge in [-0.1, -0.05) is 19.1 Å². The third kappa shape index (κ3) is 2.72. The number of anilines is 2. The van der Waals surface area contributed by atoms with Crippen molar-refractivity contribution in [2.45, 2.75) is 13.3 Å². The molecule has 0 aliphatic rings. The minimum absolute atomic E-state index is 0.00200. The lowest BCUT2D eigenvalue weighted by Gasteiger charge is -2.04. The lowest BCUT2D eigenvalue weighted by molar-refractivity contribution is -0.383. The van der Waals surface area contributed by atoms with E-state index in [1.165, 1.54) is 17.4 Å². The fourth-order valence-corrected chi connectivity index (χ4v) is 2.61. The number of nitriles is 1. The van der Waals surface area contributed by atoms with Gasteiger partial charge in [0.2, 0.25) is 0 Å². The van der Waals surface area contributed by atoms with E-state index in [4.69, 9.17) is 5.26 Å². The van der Waals surface area contributed by atoms with Gasteiger partial charge in [-0.3, -0.25) is 10.1 Å². The Balaban J connectivity index is 2.39. The molecule has 0 unspecified atom stereocenters. The molecule has 2 aromatic rings. The fraction of sp³-hybridized carbons (Fsp3) is 0.154. The molecule has 0 atom stereocenters. The molecule has 0 spiro atoms. The average molecular weight is 273 g/mol. The first-order valence-electron chi connectivity index (χ1n) is 5.69. The molecule has 0 fully saturated rings. The number of hydrogen-bond donors (Lipinski definition) is 1. The number of nitrogens with zero attached hydrogens (tertiary/aromatic N) is 2. The number of hydrogen-bond acceptors (Lipinski definition) is 5. The highest BCUT2D eigenvalue weighted by atomic mass is 32.1. The summed E-state index contributed by atoms with van der Waals surface area (Å²) in [7, 11) is 0. The summed E-state index contributed by atoms with van der Waals surface area (Å²) in [6.07, 6.45) is 0.831. The van der Waals surface area contributed by atoms with Crippen molar-refractivity contribution in [3.05, 3.63) is 50.9 Å². The quantitative estimate of drug-likeness (QED) is 0.678. The Kier molecular flexibility index (Phi) is 3.78. The summed E-state index contributed by atoms with van der Waals surface area (Å²) in [4.78, 5) is 11.6. The van der Waals surface area contributed by atoms with Crippen LogP contribution < -0.4 is 5.32 Å². The first-order valence-corrected chi connectivity index (χ1v) is 6.50. The van der Waals surface area contributed by atoms with Gasteiger partial charge in [-0.25, -0.2) is 0 Å². The van der Waals surface area contributed by atoms with Crippen LogP contribution in [0.4, 0.5) is 16.4 Å². The molecule has 0 aliphatic heterocycles. The van der Waals surface area contributed by atoms with Gasteiger partial charge < -0.3 is 5.32 Å². The largest absolute Gasteiger partial charge is 0.341 e. The minimum Gasteiger partial charge on any atom is -0.341 e. The van der Waals surface area contributed by atoms with Crippen LogP contribution in [0.3, 0.4) is 0 Å². The Morgan fingerprint density at radius 2 is 2.21 bits per heavy atom. The van der Waals surface area contributed by atoms with E-state index >= 15 is 0 Å². The number of benzene rings is 1. The van der Waals surface area contributed by atoms with Crippen LogP contribution in [0.15, 0.2) is 30.3 Å². The van der Waals surface area contributed by atoms with Crippen molar-refractivity contribution >= 4 is 27.7 Å². The zero-order chi connectivity index (χ0) is 13.8.